The van der Waals surface area contributed by atoms with Crippen molar-refractivity contribution >= 4 is 45.9 Å². The minimum absolute atomic E-state index is 0.00774. The fourth-order valence-corrected chi connectivity index (χ4v) is 9.14. The van der Waals surface area contributed by atoms with E-state index >= 15 is 0 Å². The van der Waals surface area contributed by atoms with Crippen molar-refractivity contribution in [3.8, 4) is 23.0 Å². The zero-order valence-corrected chi connectivity index (χ0v) is 42.7. The lowest BCUT2D eigenvalue weighted by Gasteiger charge is -2.38. The van der Waals surface area contributed by atoms with Gasteiger partial charge in [-0.15, -0.1) is 0 Å². The van der Waals surface area contributed by atoms with Crippen molar-refractivity contribution in [2.75, 3.05) is 57.7 Å². The fourth-order valence-electron chi connectivity index (χ4n) is 7.06. The number of nitrogen functional groups attached to an aromatic ring is 1. The molecule has 354 valence electrons. The third-order valence-corrected chi connectivity index (χ3v) is 22.0. The molecule has 0 saturated carbocycles. The number of likely N-dealkylation sites (tertiary alicyclic amines) is 2. The highest BCUT2D eigenvalue weighted by Crippen LogP contribution is 2.40. The molecule has 2 aliphatic rings. The molecule has 2 atom stereocenters. The van der Waals surface area contributed by atoms with E-state index in [1.807, 2.05) is 4.90 Å². The highest BCUT2D eigenvalue weighted by atomic mass is 28.4. The molecule has 2 saturated heterocycles. The lowest BCUT2D eigenvalue weighted by Crippen LogP contribution is -2.46. The van der Waals surface area contributed by atoms with Crippen molar-refractivity contribution in [1.29, 1.82) is 0 Å². The first-order valence-electron chi connectivity index (χ1n) is 22.7. The number of methoxy groups -OCH3 is 1. The summed E-state index contributed by atoms with van der Waals surface area (Å²) in [6, 6.07) is 6.01. The summed E-state index contributed by atoms with van der Waals surface area (Å²) in [5.41, 5.74) is 6.72. The van der Waals surface area contributed by atoms with Crippen LogP contribution in [0.25, 0.3) is 0 Å². The summed E-state index contributed by atoms with van der Waals surface area (Å²) >= 11 is 0. The van der Waals surface area contributed by atoms with E-state index in [0.29, 0.717) is 68.5 Å². The third-order valence-electron chi connectivity index (χ3n) is 13.0. The molecular formula is C47H78N4O10Si2. The van der Waals surface area contributed by atoms with Crippen molar-refractivity contribution in [2.24, 2.45) is 0 Å². The van der Waals surface area contributed by atoms with E-state index in [1.165, 1.54) is 19.2 Å². The topological polar surface area (TPSA) is 171 Å². The Bertz CT molecular complexity index is 1900. The lowest BCUT2D eigenvalue weighted by molar-refractivity contribution is 0.0634. The third kappa shape index (κ3) is 13.8. The summed E-state index contributed by atoms with van der Waals surface area (Å²) in [6.07, 6.45) is 4.74. The van der Waals surface area contributed by atoms with Crippen LogP contribution in [0.2, 0.25) is 36.3 Å². The number of nitrogens with two attached hydrogens (primary N) is 1. The molecule has 63 heavy (non-hydrogen) atoms. The first-order chi connectivity index (χ1) is 29.2. The minimum atomic E-state index is -2.05. The van der Waals surface area contributed by atoms with Crippen LogP contribution < -0.4 is 25.3 Å². The second-order valence-electron chi connectivity index (χ2n) is 21.1. The summed E-state index contributed by atoms with van der Waals surface area (Å²) in [4.78, 5) is 44.6. The number of hydrogen-bond acceptors (Lipinski definition) is 11. The molecule has 14 nitrogen and oxygen atoms in total. The molecule has 4 N–H and O–H groups in total. The van der Waals surface area contributed by atoms with Gasteiger partial charge in [-0.2, -0.15) is 0 Å². The fraction of sp³-hybridized carbons (Fsp3) is 0.681. The van der Waals surface area contributed by atoms with E-state index in [4.69, 9.17) is 33.5 Å². The molecule has 0 spiro atoms. The van der Waals surface area contributed by atoms with E-state index in [9.17, 15) is 19.5 Å². The number of nitrogens with zero attached hydrogens (tertiary/aromatic N) is 2. The number of carbonyl (C=O) groups excluding carboxylic acids is 3. The van der Waals surface area contributed by atoms with E-state index in [1.54, 1.807) is 37.8 Å². The number of amides is 3. The maximum absolute atomic E-state index is 14.1. The van der Waals surface area contributed by atoms with Crippen LogP contribution >= 0.6 is 0 Å². The summed E-state index contributed by atoms with van der Waals surface area (Å²) in [6.45, 7) is 30.1. The molecule has 0 aliphatic carbocycles. The molecule has 2 heterocycles. The predicted molar refractivity (Wildman–Crippen MR) is 255 cm³/mol. The molecular weight excluding hydrogens is 837 g/mol. The molecule has 0 unspecified atom stereocenters. The van der Waals surface area contributed by atoms with Crippen molar-refractivity contribution in [2.45, 2.75) is 161 Å². The van der Waals surface area contributed by atoms with E-state index < -0.39 is 28.3 Å². The maximum Gasteiger partial charge on any atom is 0.412 e. The van der Waals surface area contributed by atoms with Gasteiger partial charge in [-0.05, 0) is 114 Å². The van der Waals surface area contributed by atoms with E-state index in [0.717, 1.165) is 32.1 Å². The van der Waals surface area contributed by atoms with Gasteiger partial charge < -0.3 is 48.4 Å². The minimum Gasteiger partial charge on any atom is -0.504 e. The first kappa shape index (κ1) is 51.6. The molecule has 0 bridgehead atoms. The maximum atomic E-state index is 14.1. The predicted octanol–water partition coefficient (Wildman–Crippen LogP) is 10.2. The van der Waals surface area contributed by atoms with Crippen LogP contribution in [0.15, 0.2) is 24.3 Å². The Balaban J connectivity index is 1.35. The van der Waals surface area contributed by atoms with E-state index in [2.05, 4.69) is 73.0 Å². The molecule has 3 amide bonds. The standard InChI is InChI=1S/C47H78N4O10Si2/c1-45(2,3)61-44(55)49-37-29-39(38(52)26-35(37)43(54)51-23-19-21-33(51)31-60-63(13,14)47(7,8)9)57-24-16-15-17-25-58-41-28-36(48)34(27-40(41)56-10)42(53)50-22-18-20-32(50)30-59-62(11,12)46(4,5)6/h26-29,32-33,52H,15-25,30-31,48H2,1-14H3,(H,49,55)/t32-,33-/m0/s1. The number of nitrogens with one attached hydrogen (secondary N) is 1. The second-order valence-corrected chi connectivity index (χ2v) is 30.7. The van der Waals surface area contributed by atoms with Gasteiger partial charge in [0.05, 0.1) is 62.4 Å². The van der Waals surface area contributed by atoms with Crippen molar-refractivity contribution in [1.82, 2.24) is 9.80 Å². The number of rotatable bonds is 18. The molecule has 2 aliphatic heterocycles. The van der Waals surface area contributed by atoms with Gasteiger partial charge in [0.25, 0.3) is 11.8 Å². The Morgan fingerprint density at radius 3 is 1.68 bits per heavy atom. The quantitative estimate of drug-likeness (QED) is 0.0563. The number of unbranched alkanes of at least 4 members (excludes halogenated alkanes) is 2. The Kier molecular flexibility index (Phi) is 17.1. The SMILES string of the molecule is COc1cc(C(=O)N2CCC[C@H]2CO[Si](C)(C)C(C)(C)C)c(N)cc1OCCCCCOc1cc(NC(=O)OC(C)(C)C)c(C(=O)N2CCC[C@H]2CO[Si](C)(C)C(C)(C)C)cc1O. The van der Waals surface area contributed by atoms with Crippen molar-refractivity contribution in [3.63, 3.8) is 0 Å². The Labute approximate surface area is 379 Å². The summed E-state index contributed by atoms with van der Waals surface area (Å²) in [5.74, 6) is 0.350. The van der Waals surface area contributed by atoms with Gasteiger partial charge in [0, 0.05) is 30.9 Å². The smallest absolute Gasteiger partial charge is 0.412 e. The summed E-state index contributed by atoms with van der Waals surface area (Å²) < 4.78 is 36.2. The lowest BCUT2D eigenvalue weighted by atomic mass is 10.1. The average Bonchev–Trinajstić information content (AvgIpc) is 3.85. The monoisotopic (exact) mass is 915 g/mol. The van der Waals surface area contributed by atoms with Gasteiger partial charge in [-0.25, -0.2) is 4.79 Å². The van der Waals surface area contributed by atoms with Crippen LogP contribution in [-0.4, -0.2) is 114 Å². The number of carbonyl (C=O) groups is 3. The normalized spacial score (nSPS) is 17.5. The highest BCUT2D eigenvalue weighted by Gasteiger charge is 2.41. The number of ether oxygens (including phenoxy) is 4. The average molecular weight is 915 g/mol. The van der Waals surface area contributed by atoms with Crippen LogP contribution in [-0.2, 0) is 13.6 Å². The van der Waals surface area contributed by atoms with E-state index in [-0.39, 0.29) is 63.3 Å². The highest BCUT2D eigenvalue weighted by molar-refractivity contribution is 6.74. The van der Waals surface area contributed by atoms with Gasteiger partial charge in [0.1, 0.15) is 5.60 Å². The van der Waals surface area contributed by atoms with Crippen LogP contribution in [0.1, 0.15) is 128 Å². The van der Waals surface area contributed by atoms with Gasteiger partial charge in [-0.3, -0.25) is 14.9 Å². The number of benzene rings is 2. The molecule has 4 rings (SSSR count). The van der Waals surface area contributed by atoms with Gasteiger partial charge >= 0.3 is 6.09 Å². The van der Waals surface area contributed by atoms with Gasteiger partial charge in [-0.1, -0.05) is 41.5 Å². The van der Waals surface area contributed by atoms with Crippen molar-refractivity contribution < 1.29 is 47.3 Å². The molecule has 2 aromatic carbocycles. The zero-order valence-electron chi connectivity index (χ0n) is 40.7. The molecule has 0 radical (unpaired) electrons. The molecule has 2 fully saturated rings. The number of anilines is 2. The second kappa shape index (κ2) is 20.9. The zero-order chi connectivity index (χ0) is 47.1. The number of phenols is 1. The van der Waals surface area contributed by atoms with Crippen LogP contribution in [0.5, 0.6) is 23.0 Å². The first-order valence-corrected chi connectivity index (χ1v) is 28.5. The Morgan fingerprint density at radius 1 is 0.714 bits per heavy atom. The van der Waals surface area contributed by atoms with Gasteiger partial charge in [0.2, 0.25) is 0 Å². The summed E-state index contributed by atoms with van der Waals surface area (Å²) in [7, 11) is -2.49. The Morgan fingerprint density at radius 2 is 1.21 bits per heavy atom. The molecule has 0 aromatic heterocycles. The van der Waals surface area contributed by atoms with Crippen LogP contribution in [0.4, 0.5) is 16.2 Å². The van der Waals surface area contributed by atoms with Crippen molar-refractivity contribution in [3.05, 3.63) is 35.4 Å². The largest absolute Gasteiger partial charge is 0.504 e. The number of aromatic hydroxyl groups is 1. The number of hydrogen-bond donors (Lipinski definition) is 3. The molecule has 2 aromatic rings. The van der Waals surface area contributed by atoms with Crippen LogP contribution in [0, 0.1) is 0 Å². The van der Waals surface area contributed by atoms with Crippen LogP contribution in [0.3, 0.4) is 0 Å². The van der Waals surface area contributed by atoms with Gasteiger partial charge in [0.15, 0.2) is 39.6 Å². The molecule has 16 heteroatoms. The Hall–Kier alpha value is -4.00. The number of phenolic OH excluding ortho intramolecular Hbond substituents is 1. The summed E-state index contributed by atoms with van der Waals surface area (Å²) in [5, 5.41) is 14.0.